The summed E-state index contributed by atoms with van der Waals surface area (Å²) in [4.78, 5) is 12.1. The van der Waals surface area contributed by atoms with Crippen molar-refractivity contribution in [2.45, 2.75) is 57.1 Å². The molecule has 0 bridgehead atoms. The van der Waals surface area contributed by atoms with Gasteiger partial charge in [-0.15, -0.1) is 0 Å². The summed E-state index contributed by atoms with van der Waals surface area (Å²) in [5.41, 5.74) is 0. The number of carbonyl (C=O) groups is 1. The van der Waals surface area contributed by atoms with Crippen molar-refractivity contribution in [1.29, 1.82) is 0 Å². The maximum absolute atomic E-state index is 12.1. The molecule has 104 valence electrons. The number of rotatable bonds is 3. The molecule has 1 atom stereocenters. The van der Waals surface area contributed by atoms with E-state index in [2.05, 4.69) is 10.4 Å². The third-order valence-corrected chi connectivity index (χ3v) is 4.06. The summed E-state index contributed by atoms with van der Waals surface area (Å²) in [6.45, 7) is 0.694. The molecule has 0 radical (unpaired) electrons. The van der Waals surface area contributed by atoms with Crippen LogP contribution in [-0.2, 0) is 9.53 Å². The Kier molecular flexibility index (Phi) is 3.82. The Morgan fingerprint density at radius 1 is 1.26 bits per heavy atom. The summed E-state index contributed by atoms with van der Waals surface area (Å²) in [6.07, 6.45) is 9.41. The first-order valence-corrected chi connectivity index (χ1v) is 7.30. The van der Waals surface area contributed by atoms with Crippen LogP contribution in [0.25, 0.3) is 0 Å². The Morgan fingerprint density at radius 3 is 2.84 bits per heavy atom. The van der Waals surface area contributed by atoms with Crippen molar-refractivity contribution < 1.29 is 9.53 Å². The average Bonchev–Trinajstić information content (AvgIpc) is 3.11. The number of nitrogens with zero attached hydrogens (tertiary/aromatic N) is 2. The molecule has 5 heteroatoms. The van der Waals surface area contributed by atoms with Gasteiger partial charge in [-0.1, -0.05) is 19.3 Å². The molecule has 1 saturated heterocycles. The Labute approximate surface area is 113 Å². The SMILES string of the molecule is O=C(Nc1ccnn1C1CCCCC1)C1CCCO1. The fourth-order valence-electron chi connectivity index (χ4n) is 3.02. The maximum atomic E-state index is 12.1. The fourth-order valence-corrected chi connectivity index (χ4v) is 3.02. The molecule has 1 unspecified atom stereocenters. The Balaban J connectivity index is 1.67. The molecule has 1 saturated carbocycles. The Hall–Kier alpha value is -1.36. The summed E-state index contributed by atoms with van der Waals surface area (Å²) >= 11 is 0. The molecule has 1 aromatic rings. The van der Waals surface area contributed by atoms with Gasteiger partial charge in [-0.25, -0.2) is 4.68 Å². The van der Waals surface area contributed by atoms with Crippen molar-refractivity contribution in [3.05, 3.63) is 12.3 Å². The highest BCUT2D eigenvalue weighted by atomic mass is 16.5. The molecular formula is C14H21N3O2. The standard InChI is InChI=1S/C14H21N3O2/c18-14(12-7-4-10-19-12)16-13-8-9-15-17(13)11-5-2-1-3-6-11/h8-9,11-12H,1-7,10H2,(H,16,18). The largest absolute Gasteiger partial charge is 0.368 e. The number of nitrogens with one attached hydrogen (secondary N) is 1. The zero-order valence-electron chi connectivity index (χ0n) is 11.2. The van der Waals surface area contributed by atoms with Gasteiger partial charge in [0.2, 0.25) is 0 Å². The van der Waals surface area contributed by atoms with Crippen molar-refractivity contribution in [1.82, 2.24) is 9.78 Å². The predicted molar refractivity (Wildman–Crippen MR) is 72.0 cm³/mol. The highest BCUT2D eigenvalue weighted by molar-refractivity contribution is 5.93. The third-order valence-electron chi connectivity index (χ3n) is 4.06. The fraction of sp³-hybridized carbons (Fsp3) is 0.714. The lowest BCUT2D eigenvalue weighted by atomic mass is 9.96. The van der Waals surface area contributed by atoms with Gasteiger partial charge in [-0.2, -0.15) is 5.10 Å². The molecule has 2 fully saturated rings. The quantitative estimate of drug-likeness (QED) is 0.911. The van der Waals surface area contributed by atoms with E-state index in [1.807, 2.05) is 10.7 Å². The lowest BCUT2D eigenvalue weighted by Crippen LogP contribution is -2.29. The van der Waals surface area contributed by atoms with Gasteiger partial charge >= 0.3 is 0 Å². The van der Waals surface area contributed by atoms with Crippen LogP contribution in [0.3, 0.4) is 0 Å². The molecule has 5 nitrogen and oxygen atoms in total. The van der Waals surface area contributed by atoms with E-state index in [4.69, 9.17) is 4.74 Å². The van der Waals surface area contributed by atoms with Crippen molar-refractivity contribution in [2.75, 3.05) is 11.9 Å². The van der Waals surface area contributed by atoms with Gasteiger partial charge < -0.3 is 10.1 Å². The van der Waals surface area contributed by atoms with Crippen LogP contribution in [0.15, 0.2) is 12.3 Å². The lowest BCUT2D eigenvalue weighted by Gasteiger charge is -2.24. The van der Waals surface area contributed by atoms with Crippen molar-refractivity contribution in [3.63, 3.8) is 0 Å². The van der Waals surface area contributed by atoms with E-state index in [9.17, 15) is 4.79 Å². The topological polar surface area (TPSA) is 56.2 Å². The molecule has 1 aliphatic heterocycles. The summed E-state index contributed by atoms with van der Waals surface area (Å²) in [6, 6.07) is 2.31. The van der Waals surface area contributed by atoms with Gasteiger partial charge in [-0.3, -0.25) is 4.79 Å². The van der Waals surface area contributed by atoms with Gasteiger partial charge in [0.25, 0.3) is 5.91 Å². The van der Waals surface area contributed by atoms with Crippen molar-refractivity contribution in [2.24, 2.45) is 0 Å². The van der Waals surface area contributed by atoms with Gasteiger partial charge in [0.1, 0.15) is 11.9 Å². The normalized spacial score (nSPS) is 24.5. The van der Waals surface area contributed by atoms with Crippen LogP contribution in [0.5, 0.6) is 0 Å². The minimum atomic E-state index is -0.283. The molecule has 1 aromatic heterocycles. The number of amides is 1. The van der Waals surface area contributed by atoms with E-state index in [0.717, 1.165) is 31.5 Å². The first-order valence-electron chi connectivity index (χ1n) is 7.30. The van der Waals surface area contributed by atoms with Crippen LogP contribution in [-0.4, -0.2) is 28.4 Å². The monoisotopic (exact) mass is 263 g/mol. The van der Waals surface area contributed by atoms with E-state index >= 15 is 0 Å². The number of ether oxygens (including phenoxy) is 1. The van der Waals surface area contributed by atoms with Crippen molar-refractivity contribution >= 4 is 11.7 Å². The van der Waals surface area contributed by atoms with Crippen molar-refractivity contribution in [3.8, 4) is 0 Å². The number of hydrogen-bond donors (Lipinski definition) is 1. The summed E-state index contributed by atoms with van der Waals surface area (Å²) in [5, 5.41) is 7.35. The summed E-state index contributed by atoms with van der Waals surface area (Å²) < 4.78 is 7.39. The second kappa shape index (κ2) is 5.74. The van der Waals surface area contributed by atoms with Crippen LogP contribution in [0.2, 0.25) is 0 Å². The zero-order chi connectivity index (χ0) is 13.1. The second-order valence-corrected chi connectivity index (χ2v) is 5.44. The molecular weight excluding hydrogens is 242 g/mol. The van der Waals surface area contributed by atoms with E-state index in [0.29, 0.717) is 12.6 Å². The van der Waals surface area contributed by atoms with Gasteiger partial charge in [-0.05, 0) is 25.7 Å². The molecule has 1 N–H and O–H groups in total. The van der Waals surface area contributed by atoms with Crippen LogP contribution in [0.1, 0.15) is 51.0 Å². The average molecular weight is 263 g/mol. The number of anilines is 1. The first-order chi connectivity index (χ1) is 9.34. The van der Waals surface area contributed by atoms with E-state index in [-0.39, 0.29) is 12.0 Å². The number of aromatic nitrogens is 2. The third kappa shape index (κ3) is 2.81. The molecule has 1 amide bonds. The molecule has 3 rings (SSSR count). The molecule has 19 heavy (non-hydrogen) atoms. The van der Waals surface area contributed by atoms with Gasteiger partial charge in [0, 0.05) is 12.7 Å². The molecule has 1 aliphatic carbocycles. The summed E-state index contributed by atoms with van der Waals surface area (Å²) in [5.74, 6) is 0.780. The highest BCUT2D eigenvalue weighted by Gasteiger charge is 2.25. The molecule has 2 aliphatic rings. The Bertz CT molecular complexity index is 432. The van der Waals surface area contributed by atoms with Crippen LogP contribution in [0.4, 0.5) is 5.82 Å². The maximum Gasteiger partial charge on any atom is 0.254 e. The smallest absolute Gasteiger partial charge is 0.254 e. The highest BCUT2D eigenvalue weighted by Crippen LogP contribution is 2.30. The van der Waals surface area contributed by atoms with Crippen LogP contribution in [0, 0.1) is 0 Å². The van der Waals surface area contributed by atoms with E-state index < -0.39 is 0 Å². The second-order valence-electron chi connectivity index (χ2n) is 5.44. The van der Waals surface area contributed by atoms with E-state index in [1.165, 1.54) is 19.3 Å². The molecule has 0 aromatic carbocycles. The predicted octanol–water partition coefficient (Wildman–Crippen LogP) is 2.51. The van der Waals surface area contributed by atoms with Crippen LogP contribution >= 0.6 is 0 Å². The number of carbonyl (C=O) groups excluding carboxylic acids is 1. The lowest BCUT2D eigenvalue weighted by molar-refractivity contribution is -0.124. The van der Waals surface area contributed by atoms with Gasteiger partial charge in [0.05, 0.1) is 12.2 Å². The van der Waals surface area contributed by atoms with Crippen LogP contribution < -0.4 is 5.32 Å². The molecule has 2 heterocycles. The Morgan fingerprint density at radius 2 is 2.11 bits per heavy atom. The zero-order valence-corrected chi connectivity index (χ0v) is 11.2. The minimum Gasteiger partial charge on any atom is -0.368 e. The molecule has 0 spiro atoms. The minimum absolute atomic E-state index is 0.0324. The summed E-state index contributed by atoms with van der Waals surface area (Å²) in [7, 11) is 0. The van der Waals surface area contributed by atoms with E-state index in [1.54, 1.807) is 6.20 Å². The first kappa shape index (κ1) is 12.7. The number of hydrogen-bond acceptors (Lipinski definition) is 3. The van der Waals surface area contributed by atoms with Gasteiger partial charge in [0.15, 0.2) is 0 Å².